The molecule has 1 atom stereocenters. The van der Waals surface area contributed by atoms with Gasteiger partial charge in [0.15, 0.2) is 5.82 Å². The molecule has 0 saturated carbocycles. The molecule has 0 fully saturated rings. The van der Waals surface area contributed by atoms with Gasteiger partial charge in [-0.15, -0.1) is 10.2 Å². The number of amides is 2. The highest BCUT2D eigenvalue weighted by Crippen LogP contribution is 2.44. The zero-order valence-electron chi connectivity index (χ0n) is 17.8. The van der Waals surface area contributed by atoms with Crippen molar-refractivity contribution in [2.45, 2.75) is 24.9 Å². The number of carboxylic acid groups (broad SMARTS) is 1. The zero-order chi connectivity index (χ0) is 23.4. The van der Waals surface area contributed by atoms with Crippen LogP contribution in [0.1, 0.15) is 29.3 Å². The van der Waals surface area contributed by atoms with Gasteiger partial charge in [-0.1, -0.05) is 53.7 Å². The Labute approximate surface area is 188 Å². The van der Waals surface area contributed by atoms with Crippen molar-refractivity contribution in [2.75, 3.05) is 13.7 Å². The van der Waals surface area contributed by atoms with E-state index in [2.05, 4.69) is 25.9 Å². The van der Waals surface area contributed by atoms with Crippen LogP contribution in [0, 0.1) is 0 Å². The molecule has 0 bridgehead atoms. The van der Waals surface area contributed by atoms with Gasteiger partial charge in [0.1, 0.15) is 12.6 Å². The van der Waals surface area contributed by atoms with Gasteiger partial charge in [-0.25, -0.2) is 4.79 Å². The average Bonchev–Trinajstić information content (AvgIpc) is 3.42. The molecule has 0 spiro atoms. The van der Waals surface area contributed by atoms with Crippen molar-refractivity contribution in [3.63, 3.8) is 0 Å². The lowest BCUT2D eigenvalue weighted by molar-refractivity contribution is -0.142. The molecular formula is C22H22N6O5. The molecule has 4 rings (SSSR count). The second kappa shape index (κ2) is 9.47. The number of nitrogens with zero attached hydrogens (tertiary/aromatic N) is 4. The zero-order valence-corrected chi connectivity index (χ0v) is 17.8. The van der Waals surface area contributed by atoms with Gasteiger partial charge >= 0.3 is 12.1 Å². The van der Waals surface area contributed by atoms with Crippen LogP contribution in [0.3, 0.4) is 0 Å². The number of benzene rings is 2. The van der Waals surface area contributed by atoms with E-state index >= 15 is 0 Å². The van der Waals surface area contributed by atoms with E-state index in [-0.39, 0.29) is 24.9 Å². The number of aromatic amines is 1. The number of aromatic nitrogens is 4. The monoisotopic (exact) mass is 450 g/mol. The summed E-state index contributed by atoms with van der Waals surface area (Å²) in [6, 6.07) is 14.5. The van der Waals surface area contributed by atoms with E-state index in [1.165, 1.54) is 11.9 Å². The first-order valence-electron chi connectivity index (χ1n) is 10.2. The van der Waals surface area contributed by atoms with E-state index in [4.69, 9.17) is 4.74 Å². The number of carbonyl (C=O) groups excluding carboxylic acids is 2. The second-order valence-corrected chi connectivity index (χ2v) is 7.64. The molecule has 170 valence electrons. The Morgan fingerprint density at radius 1 is 1.12 bits per heavy atom. The van der Waals surface area contributed by atoms with Crippen molar-refractivity contribution in [3.05, 3.63) is 65.5 Å². The van der Waals surface area contributed by atoms with Gasteiger partial charge in [-0.2, -0.15) is 5.21 Å². The van der Waals surface area contributed by atoms with E-state index < -0.39 is 30.4 Å². The molecule has 0 saturated heterocycles. The smallest absolute Gasteiger partial charge is 0.407 e. The van der Waals surface area contributed by atoms with Crippen molar-refractivity contribution in [3.8, 4) is 11.1 Å². The van der Waals surface area contributed by atoms with Crippen LogP contribution in [-0.4, -0.2) is 68.3 Å². The Balaban J connectivity index is 1.42. The fourth-order valence-electron chi connectivity index (χ4n) is 3.96. The van der Waals surface area contributed by atoms with Crippen molar-refractivity contribution in [2.24, 2.45) is 0 Å². The summed E-state index contributed by atoms with van der Waals surface area (Å²) in [6.07, 6.45) is -1.47. The maximum absolute atomic E-state index is 12.7. The first kappa shape index (κ1) is 21.9. The first-order chi connectivity index (χ1) is 15.9. The number of hydrogen-bond donors (Lipinski definition) is 3. The van der Waals surface area contributed by atoms with Crippen LogP contribution >= 0.6 is 0 Å². The van der Waals surface area contributed by atoms with Crippen LogP contribution in [0.4, 0.5) is 4.79 Å². The summed E-state index contributed by atoms with van der Waals surface area (Å²) in [5, 5.41) is 24.8. The van der Waals surface area contributed by atoms with Crippen molar-refractivity contribution in [1.29, 1.82) is 0 Å². The van der Waals surface area contributed by atoms with Gasteiger partial charge in [0.2, 0.25) is 5.91 Å². The molecule has 2 amide bonds. The molecule has 1 aliphatic rings. The number of H-pyrrole nitrogens is 1. The number of aliphatic carboxylic acids is 1. The minimum atomic E-state index is -1.31. The lowest BCUT2D eigenvalue weighted by Crippen LogP contribution is -2.48. The lowest BCUT2D eigenvalue weighted by Gasteiger charge is -2.23. The second-order valence-electron chi connectivity index (χ2n) is 7.64. The molecule has 3 aromatic rings. The van der Waals surface area contributed by atoms with E-state index in [1.807, 2.05) is 48.5 Å². The molecule has 0 aliphatic heterocycles. The van der Waals surface area contributed by atoms with E-state index in [0.29, 0.717) is 0 Å². The van der Waals surface area contributed by atoms with Crippen LogP contribution in [0.5, 0.6) is 0 Å². The third kappa shape index (κ3) is 4.81. The highest BCUT2D eigenvalue weighted by molar-refractivity contribution is 5.89. The average molecular weight is 450 g/mol. The Morgan fingerprint density at radius 2 is 1.76 bits per heavy atom. The topological polar surface area (TPSA) is 150 Å². The third-order valence-electron chi connectivity index (χ3n) is 5.46. The predicted octanol–water partition coefficient (Wildman–Crippen LogP) is 1.54. The predicted molar refractivity (Wildman–Crippen MR) is 115 cm³/mol. The molecule has 0 radical (unpaired) electrons. The van der Waals surface area contributed by atoms with Gasteiger partial charge in [-0.05, 0) is 22.3 Å². The molecule has 1 aromatic heterocycles. The number of carboxylic acids is 1. The van der Waals surface area contributed by atoms with Crippen LogP contribution < -0.4 is 5.32 Å². The summed E-state index contributed by atoms with van der Waals surface area (Å²) in [5.74, 6) is -1.75. The molecule has 11 heteroatoms. The number of rotatable bonds is 8. The lowest BCUT2D eigenvalue weighted by atomic mass is 9.98. The van der Waals surface area contributed by atoms with Gasteiger partial charge in [0.05, 0.1) is 13.0 Å². The van der Waals surface area contributed by atoms with Gasteiger partial charge in [0.25, 0.3) is 0 Å². The Kier molecular flexibility index (Phi) is 6.29. The van der Waals surface area contributed by atoms with Crippen LogP contribution in [0.25, 0.3) is 11.1 Å². The number of ether oxygens (including phenoxy) is 1. The number of tetrazole rings is 1. The molecule has 1 heterocycles. The van der Waals surface area contributed by atoms with Gasteiger partial charge in [0, 0.05) is 13.0 Å². The van der Waals surface area contributed by atoms with Crippen LogP contribution in [-0.2, 0) is 20.9 Å². The normalized spacial score (nSPS) is 13.0. The van der Waals surface area contributed by atoms with E-state index in [1.54, 1.807) is 0 Å². The molecule has 1 aliphatic carbocycles. The minimum absolute atomic E-state index is 0.00216. The highest BCUT2D eigenvalue weighted by atomic mass is 16.5. The first-order valence-corrected chi connectivity index (χ1v) is 10.2. The highest BCUT2D eigenvalue weighted by Gasteiger charge is 2.31. The summed E-state index contributed by atoms with van der Waals surface area (Å²) >= 11 is 0. The number of alkyl carbamates (subject to hydrolysis) is 1. The summed E-state index contributed by atoms with van der Waals surface area (Å²) in [7, 11) is 1.45. The Bertz CT molecular complexity index is 1120. The maximum atomic E-state index is 12.7. The molecule has 1 unspecified atom stereocenters. The third-order valence-corrected chi connectivity index (χ3v) is 5.46. The molecule has 2 aromatic carbocycles. The van der Waals surface area contributed by atoms with E-state index in [9.17, 15) is 19.5 Å². The van der Waals surface area contributed by atoms with Crippen molar-refractivity contribution in [1.82, 2.24) is 30.8 Å². The Morgan fingerprint density at radius 3 is 2.33 bits per heavy atom. The molecule has 11 nitrogen and oxygen atoms in total. The van der Waals surface area contributed by atoms with Gasteiger partial charge < -0.3 is 20.1 Å². The molecule has 3 N–H and O–H groups in total. The number of nitrogens with one attached hydrogen (secondary N) is 2. The summed E-state index contributed by atoms with van der Waals surface area (Å²) in [5.41, 5.74) is 4.27. The number of likely N-dealkylation sites (N-methyl/N-ethyl adjacent to an activating group) is 1. The SMILES string of the molecule is CN(Cc1nn[nH]n1)C(=O)C(CC(=O)O)NC(=O)OCC1c2ccccc2-c2ccccc21. The summed E-state index contributed by atoms with van der Waals surface area (Å²) < 4.78 is 5.43. The number of fused-ring (bicyclic) bond motifs is 3. The molecule has 33 heavy (non-hydrogen) atoms. The van der Waals surface area contributed by atoms with Crippen LogP contribution in [0.15, 0.2) is 48.5 Å². The Hall–Kier alpha value is -4.28. The fourth-order valence-corrected chi connectivity index (χ4v) is 3.96. The molecular weight excluding hydrogens is 428 g/mol. The largest absolute Gasteiger partial charge is 0.481 e. The summed E-state index contributed by atoms with van der Waals surface area (Å²) in [6.45, 7) is 0.0460. The standard InChI is InChI=1S/C22H22N6O5/c1-28(11-19-24-26-27-25-19)21(31)18(10-20(29)30)23-22(32)33-12-17-15-8-4-2-6-13(15)14-7-3-5-9-16(14)17/h2-9,17-18H,10-12H2,1H3,(H,23,32)(H,29,30)(H,24,25,26,27). The van der Waals surface area contributed by atoms with Crippen molar-refractivity contribution < 1.29 is 24.2 Å². The minimum Gasteiger partial charge on any atom is -0.481 e. The number of carbonyl (C=O) groups is 3. The fraction of sp³-hybridized carbons (Fsp3) is 0.273. The maximum Gasteiger partial charge on any atom is 0.407 e. The van der Waals surface area contributed by atoms with Gasteiger partial charge in [-0.3, -0.25) is 9.59 Å². The van der Waals surface area contributed by atoms with Crippen molar-refractivity contribution >= 4 is 18.0 Å². The number of hydrogen-bond acceptors (Lipinski definition) is 7. The van der Waals surface area contributed by atoms with Crippen LogP contribution in [0.2, 0.25) is 0 Å². The quantitative estimate of drug-likeness (QED) is 0.468. The summed E-state index contributed by atoms with van der Waals surface area (Å²) in [4.78, 5) is 37.7. The van der Waals surface area contributed by atoms with E-state index in [0.717, 1.165) is 22.3 Å².